The maximum Gasteiger partial charge on any atom is 0.270 e. The SMILES string of the molecule is O=C(CCC(=O)N1CCCc2ccccc21)NN=Cc1cccc([N+](=O)[O-])c1. The van der Waals surface area contributed by atoms with Gasteiger partial charge in [-0.2, -0.15) is 5.10 Å². The minimum absolute atomic E-state index is 0.0176. The van der Waals surface area contributed by atoms with E-state index < -0.39 is 4.92 Å². The molecule has 28 heavy (non-hydrogen) atoms. The van der Waals surface area contributed by atoms with Crippen LogP contribution >= 0.6 is 0 Å². The summed E-state index contributed by atoms with van der Waals surface area (Å²) < 4.78 is 0. The van der Waals surface area contributed by atoms with Gasteiger partial charge in [0.25, 0.3) is 5.69 Å². The molecule has 8 heteroatoms. The van der Waals surface area contributed by atoms with Crippen LogP contribution in [0.4, 0.5) is 11.4 Å². The zero-order chi connectivity index (χ0) is 19.9. The molecule has 2 aromatic carbocycles. The van der Waals surface area contributed by atoms with E-state index >= 15 is 0 Å². The number of fused-ring (bicyclic) bond motifs is 1. The number of benzene rings is 2. The molecule has 8 nitrogen and oxygen atoms in total. The summed E-state index contributed by atoms with van der Waals surface area (Å²) in [5.74, 6) is -0.481. The van der Waals surface area contributed by atoms with Crippen molar-refractivity contribution in [1.82, 2.24) is 5.43 Å². The van der Waals surface area contributed by atoms with Gasteiger partial charge in [0.05, 0.1) is 11.1 Å². The summed E-state index contributed by atoms with van der Waals surface area (Å²) in [4.78, 5) is 36.4. The van der Waals surface area contributed by atoms with Crippen LogP contribution in [0.25, 0.3) is 0 Å². The molecule has 0 aromatic heterocycles. The molecule has 0 saturated heterocycles. The highest BCUT2D eigenvalue weighted by atomic mass is 16.6. The van der Waals surface area contributed by atoms with Crippen LogP contribution in [-0.4, -0.2) is 29.5 Å². The van der Waals surface area contributed by atoms with E-state index in [9.17, 15) is 19.7 Å². The van der Waals surface area contributed by atoms with E-state index in [0.29, 0.717) is 12.1 Å². The van der Waals surface area contributed by atoms with E-state index in [1.807, 2.05) is 24.3 Å². The first kappa shape index (κ1) is 19.2. The zero-order valence-corrected chi connectivity index (χ0v) is 15.2. The molecule has 1 aliphatic heterocycles. The maximum atomic E-state index is 12.5. The van der Waals surface area contributed by atoms with Gasteiger partial charge in [-0.1, -0.05) is 30.3 Å². The van der Waals surface area contributed by atoms with Crippen molar-refractivity contribution in [3.63, 3.8) is 0 Å². The number of aryl methyl sites for hydroxylation is 1. The van der Waals surface area contributed by atoms with Crippen molar-refractivity contribution in [2.24, 2.45) is 5.10 Å². The fraction of sp³-hybridized carbons (Fsp3) is 0.250. The zero-order valence-electron chi connectivity index (χ0n) is 15.2. The summed E-state index contributed by atoms with van der Waals surface area (Å²) >= 11 is 0. The van der Waals surface area contributed by atoms with E-state index in [1.54, 1.807) is 11.0 Å². The van der Waals surface area contributed by atoms with Gasteiger partial charge in [0, 0.05) is 42.8 Å². The van der Waals surface area contributed by atoms with Gasteiger partial charge in [0.2, 0.25) is 11.8 Å². The lowest BCUT2D eigenvalue weighted by Gasteiger charge is -2.29. The summed E-state index contributed by atoms with van der Waals surface area (Å²) in [6, 6.07) is 13.7. The van der Waals surface area contributed by atoms with E-state index in [4.69, 9.17) is 0 Å². The van der Waals surface area contributed by atoms with Gasteiger partial charge in [0.1, 0.15) is 0 Å². The second-order valence-corrected chi connectivity index (χ2v) is 6.42. The number of non-ortho nitro benzene ring substituents is 1. The number of nitro benzene ring substituents is 1. The fourth-order valence-corrected chi connectivity index (χ4v) is 3.10. The van der Waals surface area contributed by atoms with Crippen molar-refractivity contribution >= 4 is 29.4 Å². The Morgan fingerprint density at radius 2 is 2.00 bits per heavy atom. The average molecular weight is 380 g/mol. The number of hydrogen-bond donors (Lipinski definition) is 1. The predicted molar refractivity (Wildman–Crippen MR) is 105 cm³/mol. The first-order valence-electron chi connectivity index (χ1n) is 8.99. The molecule has 0 bridgehead atoms. The van der Waals surface area contributed by atoms with Crippen LogP contribution < -0.4 is 10.3 Å². The quantitative estimate of drug-likeness (QED) is 0.472. The number of nitrogens with zero attached hydrogens (tertiary/aromatic N) is 3. The number of para-hydroxylation sites is 1. The molecule has 1 N–H and O–H groups in total. The summed E-state index contributed by atoms with van der Waals surface area (Å²) in [6.45, 7) is 0.655. The highest BCUT2D eigenvalue weighted by Gasteiger charge is 2.22. The van der Waals surface area contributed by atoms with E-state index in [1.165, 1.54) is 24.4 Å². The molecule has 3 rings (SSSR count). The molecule has 1 aliphatic rings. The Kier molecular flexibility index (Phi) is 6.11. The Labute approximate surface area is 162 Å². The van der Waals surface area contributed by atoms with Crippen LogP contribution in [0.15, 0.2) is 53.6 Å². The van der Waals surface area contributed by atoms with Gasteiger partial charge >= 0.3 is 0 Å². The molecule has 0 radical (unpaired) electrons. The number of hydrazone groups is 1. The standard InChI is InChI=1S/C20H20N4O4/c25-19(22-21-14-15-5-3-8-17(13-15)24(27)28)10-11-20(26)23-12-4-7-16-6-1-2-9-18(16)23/h1-3,5-6,8-9,13-14H,4,7,10-12H2,(H,22,25). The van der Waals surface area contributed by atoms with E-state index in [-0.39, 0.29) is 30.3 Å². The number of nitro groups is 1. The van der Waals surface area contributed by atoms with Gasteiger partial charge in [-0.05, 0) is 24.5 Å². The maximum absolute atomic E-state index is 12.5. The van der Waals surface area contributed by atoms with Crippen LogP contribution in [0.2, 0.25) is 0 Å². The molecule has 0 atom stereocenters. The van der Waals surface area contributed by atoms with E-state index in [0.717, 1.165) is 24.1 Å². The predicted octanol–water partition coefficient (Wildman–Crippen LogP) is 2.80. The number of nitrogens with one attached hydrogen (secondary N) is 1. The molecule has 2 aromatic rings. The Hall–Kier alpha value is -3.55. The van der Waals surface area contributed by atoms with Gasteiger partial charge in [-0.25, -0.2) is 5.43 Å². The minimum atomic E-state index is -0.500. The molecule has 0 fully saturated rings. The van der Waals surface area contributed by atoms with Crippen molar-refractivity contribution in [2.45, 2.75) is 25.7 Å². The highest BCUT2D eigenvalue weighted by molar-refractivity contribution is 5.96. The van der Waals surface area contributed by atoms with Gasteiger partial charge < -0.3 is 4.90 Å². The molecule has 1 heterocycles. The van der Waals surface area contributed by atoms with Crippen LogP contribution in [0, 0.1) is 10.1 Å². The molecular weight excluding hydrogens is 360 g/mol. The first-order chi connectivity index (χ1) is 13.5. The fourth-order valence-electron chi connectivity index (χ4n) is 3.10. The Balaban J connectivity index is 1.50. The number of hydrogen-bond acceptors (Lipinski definition) is 5. The first-order valence-corrected chi connectivity index (χ1v) is 8.99. The van der Waals surface area contributed by atoms with Crippen molar-refractivity contribution in [3.05, 3.63) is 69.8 Å². The normalized spacial score (nSPS) is 13.2. The highest BCUT2D eigenvalue weighted by Crippen LogP contribution is 2.27. The third-order valence-corrected chi connectivity index (χ3v) is 4.46. The topological polar surface area (TPSA) is 105 Å². The average Bonchev–Trinajstić information content (AvgIpc) is 2.71. The smallest absolute Gasteiger partial charge is 0.270 e. The lowest BCUT2D eigenvalue weighted by molar-refractivity contribution is -0.384. The molecule has 0 unspecified atom stereocenters. The summed E-state index contributed by atoms with van der Waals surface area (Å²) in [5.41, 5.74) is 4.86. The number of anilines is 1. The molecule has 0 saturated carbocycles. The Morgan fingerprint density at radius 1 is 1.18 bits per heavy atom. The van der Waals surface area contributed by atoms with Crippen molar-refractivity contribution < 1.29 is 14.5 Å². The second-order valence-electron chi connectivity index (χ2n) is 6.42. The van der Waals surface area contributed by atoms with Crippen LogP contribution in [0.5, 0.6) is 0 Å². The second kappa shape index (κ2) is 8.90. The number of amides is 2. The number of carbonyl (C=O) groups is 2. The molecule has 144 valence electrons. The largest absolute Gasteiger partial charge is 0.312 e. The van der Waals surface area contributed by atoms with Gasteiger partial charge in [0.15, 0.2) is 0 Å². The van der Waals surface area contributed by atoms with Crippen LogP contribution in [0.1, 0.15) is 30.4 Å². The summed E-state index contributed by atoms with van der Waals surface area (Å²) in [5, 5.41) is 14.5. The third-order valence-electron chi connectivity index (χ3n) is 4.46. The van der Waals surface area contributed by atoms with Crippen LogP contribution in [0.3, 0.4) is 0 Å². The lowest BCUT2D eigenvalue weighted by Crippen LogP contribution is -2.36. The third kappa shape index (κ3) is 4.79. The van der Waals surface area contributed by atoms with E-state index in [2.05, 4.69) is 10.5 Å². The van der Waals surface area contributed by atoms with Crippen molar-refractivity contribution in [2.75, 3.05) is 11.4 Å². The minimum Gasteiger partial charge on any atom is -0.312 e. The molecular formula is C20H20N4O4. The van der Waals surface area contributed by atoms with Crippen molar-refractivity contribution in [3.8, 4) is 0 Å². The van der Waals surface area contributed by atoms with Gasteiger partial charge in [-0.15, -0.1) is 0 Å². The molecule has 2 amide bonds. The monoisotopic (exact) mass is 380 g/mol. The summed E-state index contributed by atoms with van der Waals surface area (Å²) in [7, 11) is 0. The lowest BCUT2D eigenvalue weighted by atomic mass is 10.0. The number of rotatable bonds is 6. The Morgan fingerprint density at radius 3 is 2.82 bits per heavy atom. The Bertz CT molecular complexity index is 926. The van der Waals surface area contributed by atoms with Gasteiger partial charge in [-0.3, -0.25) is 19.7 Å². The van der Waals surface area contributed by atoms with Crippen LogP contribution in [-0.2, 0) is 16.0 Å². The summed E-state index contributed by atoms with van der Waals surface area (Å²) in [6.07, 6.45) is 3.29. The van der Waals surface area contributed by atoms with Crippen molar-refractivity contribution in [1.29, 1.82) is 0 Å². The molecule has 0 spiro atoms. The molecule has 0 aliphatic carbocycles. The number of carbonyl (C=O) groups excluding carboxylic acids is 2.